The largest absolute Gasteiger partial charge is 0.307 e. The number of hydrogen-bond donors (Lipinski definition) is 0. The first-order valence-electron chi connectivity index (χ1n) is 19.8. The molecule has 2 aromatic heterocycles. The molecule has 8 aromatic carbocycles. The SMILES string of the molecule is [C-]#[N+]c1cc(C#N)c(-n2c3ccccc3c3ccccc32)c(-c2nc(-c3ccccc3)nc(-c3ccccc3)n2)c1B1c2ccccc2-c2ccccc2-c2ccccc21. The van der Waals surface area contributed by atoms with E-state index in [4.69, 9.17) is 21.5 Å². The molecular weight excluding hydrogens is 731 g/mol. The number of fused-ring (bicyclic) bond motifs is 8. The van der Waals surface area contributed by atoms with E-state index in [1.54, 1.807) is 6.07 Å². The average Bonchev–Trinajstić information content (AvgIpc) is 3.59. The van der Waals surface area contributed by atoms with Gasteiger partial charge in [-0.1, -0.05) is 186 Å². The Bertz CT molecular complexity index is 3240. The fourth-order valence-electron chi connectivity index (χ4n) is 9.10. The molecule has 0 fully saturated rings. The number of rotatable bonds is 5. The van der Waals surface area contributed by atoms with Crippen molar-refractivity contribution in [3.63, 3.8) is 0 Å². The molecule has 0 saturated carbocycles. The number of nitriles is 1. The lowest BCUT2D eigenvalue weighted by molar-refractivity contribution is 1.07. The lowest BCUT2D eigenvalue weighted by Gasteiger charge is -2.26. The van der Waals surface area contributed by atoms with E-state index < -0.39 is 6.71 Å². The molecule has 0 radical (unpaired) electrons. The molecule has 1 aliphatic heterocycles. The number of benzene rings is 8. The summed E-state index contributed by atoms with van der Waals surface area (Å²) in [5.74, 6) is 1.34. The summed E-state index contributed by atoms with van der Waals surface area (Å²) in [6, 6.07) is 66.2. The second-order valence-corrected chi connectivity index (χ2v) is 14.9. The summed E-state index contributed by atoms with van der Waals surface area (Å²) < 4.78 is 2.17. The zero-order chi connectivity index (χ0) is 40.2. The minimum Gasteiger partial charge on any atom is -0.307 e. The second-order valence-electron chi connectivity index (χ2n) is 14.9. The molecule has 1 aliphatic rings. The molecule has 0 aliphatic carbocycles. The van der Waals surface area contributed by atoms with Crippen LogP contribution in [0.25, 0.3) is 88.8 Å². The van der Waals surface area contributed by atoms with Gasteiger partial charge >= 0.3 is 0 Å². The van der Waals surface area contributed by atoms with Crippen LogP contribution >= 0.6 is 0 Å². The van der Waals surface area contributed by atoms with Crippen LogP contribution in [0.4, 0.5) is 5.69 Å². The van der Waals surface area contributed by atoms with Crippen molar-refractivity contribution in [2.45, 2.75) is 0 Å². The maximum Gasteiger partial charge on any atom is 0.233 e. The zero-order valence-corrected chi connectivity index (χ0v) is 32.2. The second kappa shape index (κ2) is 14.2. The Morgan fingerprint density at radius 3 is 1.43 bits per heavy atom. The highest BCUT2D eigenvalue weighted by molar-refractivity contribution is 6.99. The maximum atomic E-state index is 11.3. The number of para-hydroxylation sites is 2. The first kappa shape index (κ1) is 34.8. The van der Waals surface area contributed by atoms with E-state index in [1.807, 2.05) is 84.9 Å². The van der Waals surface area contributed by atoms with E-state index in [1.165, 1.54) is 0 Å². The summed E-state index contributed by atoms with van der Waals surface area (Å²) in [5.41, 5.74) is 12.6. The third-order valence-corrected chi connectivity index (χ3v) is 11.6. The van der Waals surface area contributed by atoms with Crippen LogP contribution < -0.4 is 16.4 Å². The first-order chi connectivity index (χ1) is 29.7. The highest BCUT2D eigenvalue weighted by Crippen LogP contribution is 2.41. The Labute approximate surface area is 347 Å². The Morgan fingerprint density at radius 2 is 0.933 bits per heavy atom. The summed E-state index contributed by atoms with van der Waals surface area (Å²) in [4.78, 5) is 20.1. The van der Waals surface area contributed by atoms with E-state index in [2.05, 4.69) is 113 Å². The van der Waals surface area contributed by atoms with Gasteiger partial charge in [-0.3, -0.25) is 0 Å². The van der Waals surface area contributed by atoms with Gasteiger partial charge in [0.25, 0.3) is 0 Å². The molecular formula is C53H31BN6. The van der Waals surface area contributed by atoms with E-state index in [0.717, 1.165) is 71.6 Å². The molecule has 60 heavy (non-hydrogen) atoms. The van der Waals surface area contributed by atoms with Gasteiger partial charge in [-0.25, -0.2) is 19.8 Å². The molecule has 0 amide bonds. The van der Waals surface area contributed by atoms with Crippen molar-refractivity contribution in [2.24, 2.45) is 0 Å². The summed E-state index contributed by atoms with van der Waals surface area (Å²) >= 11 is 0. The van der Waals surface area contributed by atoms with Gasteiger partial charge < -0.3 is 4.57 Å². The minimum atomic E-state index is -0.472. The van der Waals surface area contributed by atoms with E-state index in [-0.39, 0.29) is 0 Å². The normalized spacial score (nSPS) is 11.6. The molecule has 6 nitrogen and oxygen atoms in total. The van der Waals surface area contributed by atoms with Crippen molar-refractivity contribution in [3.8, 4) is 68.2 Å². The van der Waals surface area contributed by atoms with E-state index in [9.17, 15) is 5.26 Å². The van der Waals surface area contributed by atoms with Gasteiger partial charge in [-0.15, -0.1) is 0 Å². The highest BCUT2D eigenvalue weighted by Gasteiger charge is 2.38. The van der Waals surface area contributed by atoms with Gasteiger partial charge in [0.05, 0.1) is 28.9 Å². The minimum absolute atomic E-state index is 0.340. The zero-order valence-electron chi connectivity index (χ0n) is 32.2. The highest BCUT2D eigenvalue weighted by atomic mass is 15.1. The molecule has 7 heteroatoms. The fraction of sp³-hybridized carbons (Fsp3) is 0. The molecule has 276 valence electrons. The third kappa shape index (κ3) is 5.46. The van der Waals surface area contributed by atoms with E-state index in [0.29, 0.717) is 40.0 Å². The standard InChI is InChI=1S/C53H31BN6/c1-56-45-32-36(33-55)50(60-46-30-16-12-26-41(46)42-27-13-17-31-47(42)60)48(53-58-51(34-18-4-2-5-19-34)57-52(59-53)35-20-6-3-7-21-35)49(45)54-43-28-14-10-24-39(43)37-22-8-9-23-38(37)40-25-11-15-29-44(40)54/h2-32H. The van der Waals surface area contributed by atoms with Gasteiger partial charge in [0.15, 0.2) is 23.2 Å². The summed E-state index contributed by atoms with van der Waals surface area (Å²) in [5, 5.41) is 13.4. The summed E-state index contributed by atoms with van der Waals surface area (Å²) in [6.07, 6.45) is 0. The van der Waals surface area contributed by atoms with Crippen LogP contribution in [0.2, 0.25) is 0 Å². The van der Waals surface area contributed by atoms with E-state index >= 15 is 0 Å². The summed E-state index contributed by atoms with van der Waals surface area (Å²) in [6.45, 7) is 8.43. The fourth-order valence-corrected chi connectivity index (χ4v) is 9.10. The first-order valence-corrected chi connectivity index (χ1v) is 19.8. The molecule has 0 saturated heterocycles. The molecule has 11 rings (SSSR count). The maximum absolute atomic E-state index is 11.3. The molecule has 3 heterocycles. The van der Waals surface area contributed by atoms with Gasteiger partial charge in [-0.05, 0) is 40.5 Å². The smallest absolute Gasteiger partial charge is 0.233 e. The van der Waals surface area contributed by atoms with Crippen LogP contribution in [0.3, 0.4) is 0 Å². The number of hydrogen-bond acceptors (Lipinski definition) is 4. The molecule has 0 spiro atoms. The van der Waals surface area contributed by atoms with Gasteiger partial charge in [0, 0.05) is 27.5 Å². The van der Waals surface area contributed by atoms with Crippen molar-refractivity contribution in [1.82, 2.24) is 19.5 Å². The lowest BCUT2D eigenvalue weighted by Crippen LogP contribution is -2.53. The van der Waals surface area contributed by atoms with Crippen molar-refractivity contribution in [3.05, 3.63) is 205 Å². The van der Waals surface area contributed by atoms with Crippen molar-refractivity contribution < 1.29 is 0 Å². The molecule has 0 atom stereocenters. The van der Waals surface area contributed by atoms with Crippen LogP contribution in [-0.4, -0.2) is 26.2 Å². The van der Waals surface area contributed by atoms with Crippen LogP contribution in [0, 0.1) is 17.9 Å². The predicted octanol–water partition coefficient (Wildman–Crippen LogP) is 10.6. The lowest BCUT2D eigenvalue weighted by atomic mass is 9.34. The molecule has 10 aromatic rings. The van der Waals surface area contributed by atoms with Gasteiger partial charge in [-0.2, -0.15) is 5.26 Å². The molecule has 0 unspecified atom stereocenters. The van der Waals surface area contributed by atoms with Crippen LogP contribution in [0.15, 0.2) is 188 Å². The number of nitrogens with zero attached hydrogens (tertiary/aromatic N) is 6. The quantitative estimate of drug-likeness (QED) is 0.129. The Hall–Kier alpha value is -8.39. The van der Waals surface area contributed by atoms with Crippen molar-refractivity contribution >= 4 is 50.6 Å². The topological polar surface area (TPSA) is 71.8 Å². The molecule has 0 N–H and O–H groups in total. The monoisotopic (exact) mass is 762 g/mol. The molecule has 0 bridgehead atoms. The van der Waals surface area contributed by atoms with Gasteiger partial charge in [0.1, 0.15) is 6.07 Å². The van der Waals surface area contributed by atoms with Crippen LogP contribution in [-0.2, 0) is 0 Å². The third-order valence-electron chi connectivity index (χ3n) is 11.6. The average molecular weight is 763 g/mol. The Morgan fingerprint density at radius 1 is 0.500 bits per heavy atom. The van der Waals surface area contributed by atoms with Crippen molar-refractivity contribution in [2.75, 3.05) is 0 Å². The van der Waals surface area contributed by atoms with Crippen LogP contribution in [0.1, 0.15) is 5.56 Å². The summed E-state index contributed by atoms with van der Waals surface area (Å²) in [7, 11) is 0. The number of aromatic nitrogens is 4. The Kier molecular flexibility index (Phi) is 8.25. The predicted molar refractivity (Wildman–Crippen MR) is 243 cm³/mol. The van der Waals surface area contributed by atoms with Crippen LogP contribution in [0.5, 0.6) is 0 Å². The van der Waals surface area contributed by atoms with Crippen molar-refractivity contribution in [1.29, 1.82) is 5.26 Å². The Balaban J connectivity index is 1.37. The van der Waals surface area contributed by atoms with Gasteiger partial charge in [0.2, 0.25) is 6.71 Å².